The number of nitrogens with one attached hydrogen (secondary N) is 2. The Kier molecular flexibility index (Phi) is 4.51. The van der Waals surface area contributed by atoms with Gasteiger partial charge in [-0.25, -0.2) is 4.79 Å². The summed E-state index contributed by atoms with van der Waals surface area (Å²) in [5.74, 6) is -2.81. The topological polar surface area (TPSA) is 92.3 Å². The molecule has 7 heteroatoms. The molecular weight excluding hydrogens is 380 g/mol. The highest BCUT2D eigenvalue weighted by Gasteiger charge is 2.63. The van der Waals surface area contributed by atoms with E-state index in [9.17, 15) is 19.2 Å². The third-order valence-corrected chi connectivity index (χ3v) is 5.89. The minimum atomic E-state index is -1.61. The van der Waals surface area contributed by atoms with Crippen molar-refractivity contribution in [3.05, 3.63) is 70.7 Å². The number of urea groups is 1. The van der Waals surface area contributed by atoms with E-state index in [1.807, 2.05) is 6.07 Å². The maximum atomic E-state index is 13.2. The summed E-state index contributed by atoms with van der Waals surface area (Å²) in [5, 5.41) is 5.00. The smallest absolute Gasteiger partial charge is 0.300 e. The van der Waals surface area contributed by atoms with Gasteiger partial charge < -0.3 is 0 Å². The molecule has 6 nitrogen and oxygen atoms in total. The number of carbonyl (C=O) groups is 4. The van der Waals surface area contributed by atoms with Crippen LogP contribution in [0.15, 0.2) is 54.6 Å². The first-order chi connectivity index (χ1) is 13.4. The molecule has 2 aromatic carbocycles. The van der Waals surface area contributed by atoms with Gasteiger partial charge in [0.25, 0.3) is 0 Å². The van der Waals surface area contributed by atoms with E-state index in [1.54, 1.807) is 48.5 Å². The minimum absolute atomic E-state index is 0.0278. The van der Waals surface area contributed by atoms with Gasteiger partial charge in [-0.2, -0.15) is 0 Å². The molecule has 1 spiro atoms. The van der Waals surface area contributed by atoms with Crippen LogP contribution in [0.3, 0.4) is 0 Å². The summed E-state index contributed by atoms with van der Waals surface area (Å²) in [7, 11) is 0. The molecule has 0 radical (unpaired) electrons. The standard InChI is InChI=1S/C21H17ClN2O4/c22-14-8-6-13(7-9-14)17-11-15(25)10-16(12-4-2-1-3-5-12)21(17)18(26)23-20(28)24-19(21)27/h1-9,16-17H,10-11H2,(H2,23,24,26,27,28). The summed E-state index contributed by atoms with van der Waals surface area (Å²) >= 11 is 5.99. The normalized spacial score (nSPS) is 24.0. The van der Waals surface area contributed by atoms with Gasteiger partial charge in [0.2, 0.25) is 11.8 Å². The predicted octanol–water partition coefficient (Wildman–Crippen LogP) is 2.92. The number of rotatable bonds is 2. The Morgan fingerprint density at radius 1 is 0.750 bits per heavy atom. The van der Waals surface area contributed by atoms with Crippen LogP contribution in [0.1, 0.15) is 35.8 Å². The fourth-order valence-corrected chi connectivity index (χ4v) is 4.55. The van der Waals surface area contributed by atoms with Gasteiger partial charge in [0.1, 0.15) is 11.2 Å². The molecular formula is C21H17ClN2O4. The lowest BCUT2D eigenvalue weighted by molar-refractivity contribution is -0.151. The third-order valence-electron chi connectivity index (χ3n) is 5.64. The molecule has 2 aliphatic rings. The van der Waals surface area contributed by atoms with Crippen LogP contribution in [-0.2, 0) is 14.4 Å². The summed E-state index contributed by atoms with van der Waals surface area (Å²) in [5.41, 5.74) is -0.260. The maximum Gasteiger partial charge on any atom is 0.328 e. The highest BCUT2D eigenvalue weighted by molar-refractivity contribution is 6.30. The molecule has 2 N–H and O–H groups in total. The van der Waals surface area contributed by atoms with Gasteiger partial charge in [0, 0.05) is 29.7 Å². The Morgan fingerprint density at radius 3 is 1.79 bits per heavy atom. The zero-order chi connectivity index (χ0) is 19.9. The van der Waals surface area contributed by atoms with Crippen LogP contribution in [0.5, 0.6) is 0 Å². The third kappa shape index (κ3) is 2.81. The van der Waals surface area contributed by atoms with E-state index in [0.29, 0.717) is 16.1 Å². The van der Waals surface area contributed by atoms with E-state index in [2.05, 4.69) is 10.6 Å². The SMILES string of the molecule is O=C1CC(c2ccccc2)C2(C(=O)NC(=O)NC2=O)C(c2ccc(Cl)cc2)C1. The van der Waals surface area contributed by atoms with Crippen molar-refractivity contribution in [3.63, 3.8) is 0 Å². The Morgan fingerprint density at radius 2 is 1.25 bits per heavy atom. The number of ketones is 1. The number of benzene rings is 2. The first kappa shape index (κ1) is 18.4. The van der Waals surface area contributed by atoms with Crippen molar-refractivity contribution in [2.75, 3.05) is 0 Å². The monoisotopic (exact) mass is 396 g/mol. The number of amides is 4. The van der Waals surface area contributed by atoms with Crippen LogP contribution in [0, 0.1) is 5.41 Å². The van der Waals surface area contributed by atoms with Crippen molar-refractivity contribution in [1.82, 2.24) is 10.6 Å². The molecule has 4 amide bonds. The Hall–Kier alpha value is -2.99. The van der Waals surface area contributed by atoms with Gasteiger partial charge in [0.05, 0.1) is 0 Å². The molecule has 1 saturated heterocycles. The van der Waals surface area contributed by atoms with Crippen LogP contribution >= 0.6 is 11.6 Å². The molecule has 4 rings (SSSR count). The zero-order valence-electron chi connectivity index (χ0n) is 14.8. The number of halogens is 1. The van der Waals surface area contributed by atoms with Gasteiger partial charge in [-0.05, 0) is 23.3 Å². The van der Waals surface area contributed by atoms with Gasteiger partial charge in [-0.15, -0.1) is 0 Å². The highest BCUT2D eigenvalue weighted by atomic mass is 35.5. The number of hydrogen-bond acceptors (Lipinski definition) is 4. The Bertz CT molecular complexity index is 952. The molecule has 0 bridgehead atoms. The molecule has 1 aliphatic carbocycles. The average molecular weight is 397 g/mol. The molecule has 1 aliphatic heterocycles. The second kappa shape index (κ2) is 6.87. The molecule has 2 fully saturated rings. The molecule has 2 unspecified atom stereocenters. The summed E-state index contributed by atoms with van der Waals surface area (Å²) in [4.78, 5) is 50.8. The number of Topliss-reactive ketones (excluding diaryl/α,β-unsaturated/α-hetero) is 1. The second-order valence-electron chi connectivity index (χ2n) is 7.12. The van der Waals surface area contributed by atoms with Crippen molar-refractivity contribution in [2.45, 2.75) is 24.7 Å². The van der Waals surface area contributed by atoms with Gasteiger partial charge in [-0.3, -0.25) is 25.0 Å². The lowest BCUT2D eigenvalue weighted by atomic mass is 9.54. The predicted molar refractivity (Wildman–Crippen MR) is 102 cm³/mol. The van der Waals surface area contributed by atoms with Crippen LogP contribution in [0.2, 0.25) is 5.02 Å². The molecule has 2 atom stereocenters. The summed E-state index contributed by atoms with van der Waals surface area (Å²) in [6.07, 6.45) is 0.0725. The lowest BCUT2D eigenvalue weighted by Gasteiger charge is -2.48. The quantitative estimate of drug-likeness (QED) is 0.763. The lowest BCUT2D eigenvalue weighted by Crippen LogP contribution is -2.67. The van der Waals surface area contributed by atoms with Gasteiger partial charge in [0.15, 0.2) is 0 Å². The van der Waals surface area contributed by atoms with Crippen molar-refractivity contribution in [3.8, 4) is 0 Å². The fourth-order valence-electron chi connectivity index (χ4n) is 4.43. The van der Waals surface area contributed by atoms with E-state index < -0.39 is 35.1 Å². The minimum Gasteiger partial charge on any atom is -0.300 e. The highest BCUT2D eigenvalue weighted by Crippen LogP contribution is 2.55. The second-order valence-corrected chi connectivity index (χ2v) is 7.56. The van der Waals surface area contributed by atoms with Crippen molar-refractivity contribution < 1.29 is 19.2 Å². The van der Waals surface area contributed by atoms with Crippen molar-refractivity contribution in [1.29, 1.82) is 0 Å². The van der Waals surface area contributed by atoms with Crippen molar-refractivity contribution >= 4 is 35.2 Å². The summed E-state index contributed by atoms with van der Waals surface area (Å²) in [6.45, 7) is 0. The molecule has 1 saturated carbocycles. The van der Waals surface area contributed by atoms with Crippen molar-refractivity contribution in [2.24, 2.45) is 5.41 Å². The summed E-state index contributed by atoms with van der Waals surface area (Å²) < 4.78 is 0. The zero-order valence-corrected chi connectivity index (χ0v) is 15.5. The van der Waals surface area contributed by atoms with Crippen LogP contribution in [-0.4, -0.2) is 23.6 Å². The van der Waals surface area contributed by atoms with Crippen LogP contribution in [0.25, 0.3) is 0 Å². The fraction of sp³-hybridized carbons (Fsp3) is 0.238. The first-order valence-corrected chi connectivity index (χ1v) is 9.29. The molecule has 28 heavy (non-hydrogen) atoms. The average Bonchev–Trinajstić information content (AvgIpc) is 2.67. The molecule has 0 aromatic heterocycles. The van der Waals surface area contributed by atoms with E-state index >= 15 is 0 Å². The number of imide groups is 2. The van der Waals surface area contributed by atoms with E-state index in [4.69, 9.17) is 11.6 Å². The summed E-state index contributed by atoms with van der Waals surface area (Å²) in [6, 6.07) is 14.9. The van der Waals surface area contributed by atoms with E-state index in [0.717, 1.165) is 0 Å². The van der Waals surface area contributed by atoms with E-state index in [1.165, 1.54) is 0 Å². The Labute approximate surface area is 166 Å². The van der Waals surface area contributed by atoms with Crippen LogP contribution < -0.4 is 10.6 Å². The van der Waals surface area contributed by atoms with E-state index in [-0.39, 0.29) is 18.6 Å². The molecule has 2 aromatic rings. The largest absolute Gasteiger partial charge is 0.328 e. The maximum absolute atomic E-state index is 13.2. The molecule has 142 valence electrons. The Balaban J connectivity index is 1.94. The number of hydrogen-bond donors (Lipinski definition) is 2. The molecule has 1 heterocycles. The first-order valence-electron chi connectivity index (χ1n) is 8.92. The number of carbonyl (C=O) groups excluding carboxylic acids is 4. The van der Waals surface area contributed by atoms with Gasteiger partial charge in [-0.1, -0.05) is 54.1 Å². The van der Waals surface area contributed by atoms with Crippen LogP contribution in [0.4, 0.5) is 4.79 Å². The number of barbiturate groups is 1. The van der Waals surface area contributed by atoms with Gasteiger partial charge >= 0.3 is 6.03 Å².